The van der Waals surface area contributed by atoms with Crippen molar-refractivity contribution >= 4 is 19.2 Å². The molecule has 0 nitrogen and oxygen atoms in total. The Hall–Kier alpha value is 1.14. The van der Waals surface area contributed by atoms with E-state index < -0.39 is 0 Å². The summed E-state index contributed by atoms with van der Waals surface area (Å²) in [6.07, 6.45) is 3.78. The monoisotopic (exact) mass is 184 g/mol. The molecule has 0 N–H and O–H groups in total. The van der Waals surface area contributed by atoms with Gasteiger partial charge in [0, 0.05) is 19.5 Å². The molecular weight excluding hydrogens is 176 g/mol. The molecule has 0 aliphatic heterocycles. The first-order chi connectivity index (χ1) is 2.91. The molecule has 0 aromatic rings. The van der Waals surface area contributed by atoms with E-state index in [2.05, 4.69) is 18.7 Å². The molecule has 38 valence electrons. The molecule has 0 aliphatic carbocycles. The molecule has 7 heavy (non-hydrogen) atoms. The molecule has 0 saturated heterocycles. The van der Waals surface area contributed by atoms with Gasteiger partial charge in [0.15, 0.2) is 0 Å². The van der Waals surface area contributed by atoms with Gasteiger partial charge in [-0.2, -0.15) is 0 Å². The van der Waals surface area contributed by atoms with E-state index in [4.69, 9.17) is 0 Å². The van der Waals surface area contributed by atoms with Crippen LogP contribution in [0.5, 0.6) is 0 Å². The normalized spacial score (nSPS) is 8.14. The van der Waals surface area contributed by atoms with E-state index in [1.165, 1.54) is 19.0 Å². The summed E-state index contributed by atoms with van der Waals surface area (Å²) in [5, 5.41) is 0. The van der Waals surface area contributed by atoms with Gasteiger partial charge < -0.3 is 0 Å². The van der Waals surface area contributed by atoms with Gasteiger partial charge in [-0.1, -0.05) is 25.2 Å². The van der Waals surface area contributed by atoms with Crippen molar-refractivity contribution in [1.82, 2.24) is 0 Å². The Labute approximate surface area is 64.7 Å². The van der Waals surface area contributed by atoms with Crippen molar-refractivity contribution in [2.75, 3.05) is 6.16 Å². The largest absolute Gasteiger partial charge is 0.0654 e. The molecule has 0 aromatic carbocycles. The zero-order valence-electron chi connectivity index (χ0n) is 4.68. The minimum absolute atomic E-state index is 0. The molecule has 0 saturated carbocycles. The van der Waals surface area contributed by atoms with Crippen molar-refractivity contribution in [3.05, 3.63) is 0 Å². The molecule has 3 heteroatoms. The first-order valence-corrected chi connectivity index (χ1v) is 4.30. The molecule has 0 spiro atoms. The number of hydrogen-bond donors (Lipinski definition) is 0. The zero-order valence-corrected chi connectivity index (χ0v) is 9.36. The Balaban J connectivity index is 0. The van der Waals surface area contributed by atoms with Crippen LogP contribution in [-0.2, 0) is 31.3 Å². The van der Waals surface area contributed by atoms with E-state index in [0.29, 0.717) is 0 Å². The van der Waals surface area contributed by atoms with E-state index in [-0.39, 0.29) is 19.5 Å². The average Bonchev–Trinajstić information content (AvgIpc) is 1.61. The van der Waals surface area contributed by atoms with E-state index in [0.717, 1.165) is 7.36 Å². The molecule has 0 unspecified atom stereocenters. The molecule has 0 bridgehead atoms. The Kier molecular flexibility index (Phi) is 16.0. The molecule has 0 amide bonds. The molecule has 0 atom stereocenters. The summed E-state index contributed by atoms with van der Waals surface area (Å²) in [4.78, 5) is 0. The maximum absolute atomic E-state index is 4.69. The van der Waals surface area contributed by atoms with Crippen LogP contribution >= 0.6 is 7.36 Å². The first-order valence-electron chi connectivity index (χ1n) is 2.21. The number of hydrogen-bond acceptors (Lipinski definition) is 1. The van der Waals surface area contributed by atoms with Crippen LogP contribution in [0.1, 0.15) is 19.8 Å². The Bertz CT molecular complexity index is 40.7. The summed E-state index contributed by atoms with van der Waals surface area (Å²) < 4.78 is 0. The summed E-state index contributed by atoms with van der Waals surface area (Å²) in [6, 6.07) is 0. The van der Waals surface area contributed by atoms with Crippen molar-refractivity contribution in [1.29, 1.82) is 0 Å². The minimum Gasteiger partial charge on any atom is -0.0654 e. The predicted molar refractivity (Wildman–Crippen MR) is 34.1 cm³/mol. The van der Waals surface area contributed by atoms with Gasteiger partial charge in [0.05, 0.1) is 0 Å². The van der Waals surface area contributed by atoms with Gasteiger partial charge in [0.25, 0.3) is 0 Å². The average molecular weight is 186 g/mol. The first kappa shape index (κ1) is 11.0. The fourth-order valence-corrected chi connectivity index (χ4v) is 1.06. The van der Waals surface area contributed by atoms with E-state index in [1.54, 1.807) is 0 Å². The summed E-state index contributed by atoms with van der Waals surface area (Å²) in [5.41, 5.74) is 0. The molecule has 0 rings (SSSR count). The van der Waals surface area contributed by atoms with E-state index in [1.807, 2.05) is 0 Å². The third-order valence-electron chi connectivity index (χ3n) is 0.603. The van der Waals surface area contributed by atoms with Crippen LogP contribution in [0, 0.1) is 0 Å². The second kappa shape index (κ2) is 10.2. The van der Waals surface area contributed by atoms with E-state index in [9.17, 15) is 0 Å². The Morgan fingerprint density at radius 3 is 2.29 bits per heavy atom. The topological polar surface area (TPSA) is 0 Å². The summed E-state index contributed by atoms with van der Waals surface area (Å²) in [7, 11) is 1.13. The molecule has 0 heterocycles. The Morgan fingerprint density at radius 2 is 2.14 bits per heavy atom. The van der Waals surface area contributed by atoms with Crippen LogP contribution in [0.3, 0.4) is 0 Å². The Morgan fingerprint density at radius 1 is 1.57 bits per heavy atom. The van der Waals surface area contributed by atoms with Crippen LogP contribution in [0.2, 0.25) is 0 Å². The fourth-order valence-electron chi connectivity index (χ4n) is 0.223. The fraction of sp³-hybridized carbons (Fsp3) is 1.00. The van der Waals surface area contributed by atoms with Gasteiger partial charge in [-0.15, -0.1) is 0 Å². The van der Waals surface area contributed by atoms with Crippen molar-refractivity contribution < 1.29 is 19.5 Å². The second-order valence-corrected chi connectivity index (χ2v) is 2.69. The summed E-state index contributed by atoms with van der Waals surface area (Å²) >= 11 is 4.69. The van der Waals surface area contributed by atoms with Crippen molar-refractivity contribution in [3.8, 4) is 0 Å². The second-order valence-electron chi connectivity index (χ2n) is 1.21. The van der Waals surface area contributed by atoms with Gasteiger partial charge in [-0.3, -0.25) is 0 Å². The van der Waals surface area contributed by atoms with Crippen LogP contribution in [0.25, 0.3) is 0 Å². The van der Waals surface area contributed by atoms with Gasteiger partial charge in [-0.25, -0.2) is 0 Å². The number of unbranched alkanes of at least 4 members (excludes halogenated alkanes) is 1. The zero-order chi connectivity index (χ0) is 4.83. The van der Waals surface area contributed by atoms with Crippen LogP contribution in [-0.4, -0.2) is 6.16 Å². The van der Waals surface area contributed by atoms with Crippen molar-refractivity contribution in [2.24, 2.45) is 0 Å². The van der Waals surface area contributed by atoms with Gasteiger partial charge in [0.2, 0.25) is 0 Å². The summed E-state index contributed by atoms with van der Waals surface area (Å²) in [6.45, 7) is 2.18. The quantitative estimate of drug-likeness (QED) is 0.369. The molecule has 0 aromatic heterocycles. The smallest absolute Gasteiger partial charge is 0 e. The predicted octanol–water partition coefficient (Wildman–Crippen LogP) is 2.19. The molecular formula is C4H9PSZn. The maximum atomic E-state index is 4.69. The van der Waals surface area contributed by atoms with Crippen LogP contribution in [0.4, 0.5) is 0 Å². The van der Waals surface area contributed by atoms with Crippen LogP contribution in [0.15, 0.2) is 0 Å². The maximum Gasteiger partial charge on any atom is 0 e. The van der Waals surface area contributed by atoms with Gasteiger partial charge in [-0.05, 0) is 19.9 Å². The summed E-state index contributed by atoms with van der Waals surface area (Å²) in [5.74, 6) is 0. The molecule has 0 fully saturated rings. The minimum atomic E-state index is 0. The van der Waals surface area contributed by atoms with Crippen molar-refractivity contribution in [2.45, 2.75) is 19.8 Å². The SMILES string of the molecule is CCCCP=S.[Zn]. The van der Waals surface area contributed by atoms with Crippen molar-refractivity contribution in [3.63, 3.8) is 0 Å². The van der Waals surface area contributed by atoms with Gasteiger partial charge in [0.1, 0.15) is 0 Å². The van der Waals surface area contributed by atoms with Gasteiger partial charge >= 0.3 is 0 Å². The third-order valence-corrected chi connectivity index (χ3v) is 1.65. The molecule has 0 aliphatic rings. The standard InChI is InChI=1S/C4H9PS.Zn/c1-2-3-4-5-6;/h2-4H2,1H3;. The number of rotatable bonds is 3. The third kappa shape index (κ3) is 11.0. The molecule has 0 radical (unpaired) electrons. The van der Waals surface area contributed by atoms with Crippen LogP contribution < -0.4 is 0 Å². The van der Waals surface area contributed by atoms with E-state index >= 15 is 0 Å².